The van der Waals surface area contributed by atoms with E-state index in [2.05, 4.69) is 19.2 Å². The molecule has 0 amide bonds. The van der Waals surface area contributed by atoms with Gasteiger partial charge in [0.05, 0.1) is 6.04 Å². The molecule has 0 heterocycles. The summed E-state index contributed by atoms with van der Waals surface area (Å²) in [6.07, 6.45) is 10.2. The van der Waals surface area contributed by atoms with Crippen molar-refractivity contribution in [2.24, 2.45) is 0 Å². The van der Waals surface area contributed by atoms with Gasteiger partial charge in [-0.15, -0.1) is 0 Å². The van der Waals surface area contributed by atoms with E-state index in [-0.39, 0.29) is 6.04 Å². The zero-order valence-electron chi connectivity index (χ0n) is 12.5. The fourth-order valence-corrected chi connectivity index (χ4v) is 2.21. The van der Waals surface area contributed by atoms with E-state index in [4.69, 9.17) is 10.2 Å². The van der Waals surface area contributed by atoms with Crippen molar-refractivity contribution in [1.82, 2.24) is 5.32 Å². The fourth-order valence-electron chi connectivity index (χ4n) is 2.21. The normalized spacial score (nSPS) is 15.0. The molecule has 2 atom stereocenters. The molecule has 0 fully saturated rings. The molecule has 0 rings (SSSR count). The molecule has 3 heteroatoms. The summed E-state index contributed by atoms with van der Waals surface area (Å²) in [5.41, 5.74) is 0. The first-order valence-corrected chi connectivity index (χ1v) is 7.74. The van der Waals surface area contributed by atoms with Gasteiger partial charge in [0.15, 0.2) is 6.29 Å². The summed E-state index contributed by atoms with van der Waals surface area (Å²) < 4.78 is 0. The Morgan fingerprint density at radius 1 is 0.889 bits per heavy atom. The molecule has 3 N–H and O–H groups in total. The van der Waals surface area contributed by atoms with Crippen LogP contribution in [0.5, 0.6) is 0 Å². The number of hydrogen-bond acceptors (Lipinski definition) is 3. The zero-order valence-corrected chi connectivity index (χ0v) is 12.5. The van der Waals surface area contributed by atoms with Crippen LogP contribution in [0.1, 0.15) is 78.6 Å². The van der Waals surface area contributed by atoms with E-state index in [1.54, 1.807) is 0 Å². The first-order valence-electron chi connectivity index (χ1n) is 7.74. The molecular formula is C15H33NO2. The monoisotopic (exact) mass is 259 g/mol. The van der Waals surface area contributed by atoms with Crippen LogP contribution < -0.4 is 5.32 Å². The van der Waals surface area contributed by atoms with E-state index < -0.39 is 6.29 Å². The van der Waals surface area contributed by atoms with E-state index in [1.807, 2.05) is 6.92 Å². The number of aliphatic hydroxyl groups is 2. The third-order valence-electron chi connectivity index (χ3n) is 3.59. The Morgan fingerprint density at radius 2 is 1.44 bits per heavy atom. The quantitative estimate of drug-likeness (QED) is 0.373. The number of hydrogen-bond donors (Lipinski definition) is 3. The van der Waals surface area contributed by atoms with Crippen molar-refractivity contribution in [3.63, 3.8) is 0 Å². The summed E-state index contributed by atoms with van der Waals surface area (Å²) >= 11 is 0. The van der Waals surface area contributed by atoms with Crippen LogP contribution in [0.2, 0.25) is 0 Å². The molecule has 0 saturated carbocycles. The van der Waals surface area contributed by atoms with Crippen LogP contribution in [0.4, 0.5) is 0 Å². The van der Waals surface area contributed by atoms with Crippen LogP contribution >= 0.6 is 0 Å². The number of rotatable bonds is 12. The Balaban J connectivity index is 3.50. The summed E-state index contributed by atoms with van der Waals surface area (Å²) in [5.74, 6) is 0. The first kappa shape index (κ1) is 17.9. The Morgan fingerprint density at radius 3 is 1.94 bits per heavy atom. The van der Waals surface area contributed by atoms with E-state index in [0.29, 0.717) is 6.04 Å². The maximum atomic E-state index is 9.05. The second-order valence-corrected chi connectivity index (χ2v) is 5.38. The van der Waals surface area contributed by atoms with Gasteiger partial charge < -0.3 is 15.5 Å². The standard InChI is InChI=1S/C15H33NO2/c1-4-6-7-8-9-10-11-12-14(5-2)16-13(3)15(17)18/h13-18H,4-12H2,1-3H3. The fraction of sp³-hybridized carbons (Fsp3) is 1.00. The minimum absolute atomic E-state index is 0.237. The summed E-state index contributed by atoms with van der Waals surface area (Å²) in [7, 11) is 0. The highest BCUT2D eigenvalue weighted by atomic mass is 16.5. The van der Waals surface area contributed by atoms with Crippen LogP contribution in [0.15, 0.2) is 0 Å². The smallest absolute Gasteiger partial charge is 0.166 e. The summed E-state index contributed by atoms with van der Waals surface area (Å²) in [6, 6.07) is 0.178. The molecule has 0 aromatic carbocycles. The second kappa shape index (κ2) is 11.9. The van der Waals surface area contributed by atoms with Crippen molar-refractivity contribution < 1.29 is 10.2 Å². The third kappa shape index (κ3) is 9.86. The molecule has 0 bridgehead atoms. The van der Waals surface area contributed by atoms with Gasteiger partial charge in [0, 0.05) is 6.04 Å². The predicted molar refractivity (Wildman–Crippen MR) is 77.5 cm³/mol. The second-order valence-electron chi connectivity index (χ2n) is 5.38. The summed E-state index contributed by atoms with van der Waals surface area (Å²) in [4.78, 5) is 0. The van der Waals surface area contributed by atoms with E-state index in [9.17, 15) is 0 Å². The van der Waals surface area contributed by atoms with Gasteiger partial charge in [0.2, 0.25) is 0 Å². The van der Waals surface area contributed by atoms with Gasteiger partial charge in [-0.05, 0) is 19.8 Å². The molecule has 0 radical (unpaired) electrons. The minimum atomic E-state index is -1.26. The van der Waals surface area contributed by atoms with Crippen molar-refractivity contribution >= 4 is 0 Å². The van der Waals surface area contributed by atoms with Crippen molar-refractivity contribution in [3.8, 4) is 0 Å². The highest BCUT2D eigenvalue weighted by molar-refractivity contribution is 4.71. The largest absolute Gasteiger partial charge is 0.367 e. The first-order chi connectivity index (χ1) is 8.61. The van der Waals surface area contributed by atoms with Gasteiger partial charge in [-0.3, -0.25) is 0 Å². The van der Waals surface area contributed by atoms with Crippen LogP contribution in [-0.4, -0.2) is 28.6 Å². The van der Waals surface area contributed by atoms with E-state index in [1.165, 1.54) is 44.9 Å². The lowest BCUT2D eigenvalue weighted by atomic mass is 10.0. The molecule has 0 spiro atoms. The molecule has 0 aliphatic rings. The Bertz CT molecular complexity index is 174. The maximum Gasteiger partial charge on any atom is 0.166 e. The Hall–Kier alpha value is -0.120. The molecular weight excluding hydrogens is 226 g/mol. The van der Waals surface area contributed by atoms with Gasteiger partial charge in [-0.25, -0.2) is 0 Å². The average molecular weight is 259 g/mol. The van der Waals surface area contributed by atoms with Gasteiger partial charge in [0.1, 0.15) is 0 Å². The zero-order chi connectivity index (χ0) is 13.8. The van der Waals surface area contributed by atoms with E-state index >= 15 is 0 Å². The van der Waals surface area contributed by atoms with Gasteiger partial charge >= 0.3 is 0 Å². The number of unbranched alkanes of at least 4 members (excludes halogenated alkanes) is 6. The lowest BCUT2D eigenvalue weighted by Crippen LogP contribution is -2.43. The molecule has 0 aromatic heterocycles. The highest BCUT2D eigenvalue weighted by Crippen LogP contribution is 2.11. The van der Waals surface area contributed by atoms with E-state index in [0.717, 1.165) is 12.8 Å². The Labute approximate surface area is 113 Å². The van der Waals surface area contributed by atoms with Crippen LogP contribution in [-0.2, 0) is 0 Å². The van der Waals surface area contributed by atoms with Gasteiger partial charge in [0.25, 0.3) is 0 Å². The maximum absolute atomic E-state index is 9.05. The molecule has 110 valence electrons. The van der Waals surface area contributed by atoms with Crippen LogP contribution in [0, 0.1) is 0 Å². The van der Waals surface area contributed by atoms with Crippen molar-refractivity contribution in [3.05, 3.63) is 0 Å². The molecule has 0 saturated heterocycles. The van der Waals surface area contributed by atoms with Crippen molar-refractivity contribution in [1.29, 1.82) is 0 Å². The lowest BCUT2D eigenvalue weighted by molar-refractivity contribution is -0.0650. The molecule has 0 aromatic rings. The minimum Gasteiger partial charge on any atom is -0.367 e. The van der Waals surface area contributed by atoms with Crippen LogP contribution in [0.3, 0.4) is 0 Å². The number of nitrogens with one attached hydrogen (secondary N) is 1. The number of aliphatic hydroxyl groups excluding tert-OH is 1. The molecule has 18 heavy (non-hydrogen) atoms. The Kier molecular flexibility index (Phi) is 11.9. The lowest BCUT2D eigenvalue weighted by Gasteiger charge is -2.23. The van der Waals surface area contributed by atoms with Crippen molar-refractivity contribution in [2.75, 3.05) is 0 Å². The van der Waals surface area contributed by atoms with Crippen molar-refractivity contribution in [2.45, 2.75) is 96.9 Å². The van der Waals surface area contributed by atoms with Gasteiger partial charge in [-0.1, -0.05) is 58.8 Å². The summed E-state index contributed by atoms with van der Waals surface area (Å²) in [6.45, 7) is 6.21. The highest BCUT2D eigenvalue weighted by Gasteiger charge is 2.14. The topological polar surface area (TPSA) is 52.5 Å². The SMILES string of the molecule is CCCCCCCCCC(CC)NC(C)C(O)O. The molecule has 0 aliphatic heterocycles. The molecule has 3 nitrogen and oxygen atoms in total. The average Bonchev–Trinajstić information content (AvgIpc) is 2.35. The van der Waals surface area contributed by atoms with Crippen LogP contribution in [0.25, 0.3) is 0 Å². The molecule has 0 aliphatic carbocycles. The van der Waals surface area contributed by atoms with Gasteiger partial charge in [-0.2, -0.15) is 0 Å². The predicted octanol–water partition coefficient (Wildman–Crippen LogP) is 3.19. The molecule has 2 unspecified atom stereocenters. The third-order valence-corrected chi connectivity index (χ3v) is 3.59. The summed E-state index contributed by atoms with van der Waals surface area (Å²) in [5, 5.41) is 21.4.